The first-order chi connectivity index (χ1) is 32.0. The van der Waals surface area contributed by atoms with Crippen molar-refractivity contribution in [2.24, 2.45) is 5.92 Å². The second-order valence-electron chi connectivity index (χ2n) is 20.0. The van der Waals surface area contributed by atoms with Crippen molar-refractivity contribution < 1.29 is 50.2 Å². The van der Waals surface area contributed by atoms with Gasteiger partial charge in [-0.25, -0.2) is 18.2 Å². The predicted molar refractivity (Wildman–Crippen MR) is 249 cm³/mol. The zero-order valence-electron chi connectivity index (χ0n) is 38.9. The quantitative estimate of drug-likeness (QED) is 0.131. The van der Waals surface area contributed by atoms with Crippen LogP contribution in [0.4, 0.5) is 18.0 Å². The van der Waals surface area contributed by atoms with E-state index in [1.807, 2.05) is 48.8 Å². The van der Waals surface area contributed by atoms with Crippen LogP contribution in [0.3, 0.4) is 0 Å². The molecular formula is C48H58F3N7O8S2. The van der Waals surface area contributed by atoms with E-state index in [4.69, 9.17) is 19.4 Å². The molecule has 68 heavy (non-hydrogen) atoms. The van der Waals surface area contributed by atoms with Crippen molar-refractivity contribution in [3.8, 4) is 16.6 Å². The number of sulfonamides is 1. The number of rotatable bonds is 10. The first kappa shape index (κ1) is 48.9. The SMILES string of the molecule is CC(C)n1c(O[C@@H]2C[C@H]3C(=O)N[C@]4(C(=O)NS(=O)(=O)C5(C)CC5)C[C@H]4/C=C\CCCCC[C@H](NC(=O)OC(C)(C)C)C(=O)N3C2)nc2c(-c3nc(Cc4cccc(C(F)(F)F)c4)cs3)cccc21. The number of aromatic nitrogens is 3. The van der Waals surface area contributed by atoms with Gasteiger partial charge in [0.15, 0.2) is 0 Å². The van der Waals surface area contributed by atoms with Crippen LogP contribution in [-0.2, 0) is 41.7 Å². The summed E-state index contributed by atoms with van der Waals surface area (Å²) in [5.74, 6) is -2.56. The number of hydrogen-bond acceptors (Lipinski definition) is 11. The first-order valence-electron chi connectivity index (χ1n) is 23.1. The summed E-state index contributed by atoms with van der Waals surface area (Å²) in [6.07, 6.45) is 1.75. The van der Waals surface area contributed by atoms with Gasteiger partial charge in [-0.2, -0.15) is 18.2 Å². The Morgan fingerprint density at radius 1 is 1.04 bits per heavy atom. The summed E-state index contributed by atoms with van der Waals surface area (Å²) in [6.45, 7) is 10.5. The molecule has 0 radical (unpaired) electrons. The Morgan fingerprint density at radius 3 is 2.50 bits per heavy atom. The normalized spacial score (nSPS) is 24.8. The lowest BCUT2D eigenvalue weighted by Crippen LogP contribution is -2.58. The fourth-order valence-electron chi connectivity index (χ4n) is 8.97. The zero-order valence-corrected chi connectivity index (χ0v) is 40.6. The van der Waals surface area contributed by atoms with E-state index in [-0.39, 0.29) is 44.3 Å². The van der Waals surface area contributed by atoms with E-state index in [1.165, 1.54) is 22.3 Å². The smallest absolute Gasteiger partial charge is 0.416 e. The van der Waals surface area contributed by atoms with Crippen LogP contribution in [0.15, 0.2) is 60.0 Å². The van der Waals surface area contributed by atoms with Crippen molar-refractivity contribution in [3.05, 3.63) is 76.8 Å². The van der Waals surface area contributed by atoms with Gasteiger partial charge < -0.3 is 25.0 Å². The number of para-hydroxylation sites is 1. The van der Waals surface area contributed by atoms with E-state index in [9.17, 15) is 40.8 Å². The van der Waals surface area contributed by atoms with Crippen LogP contribution >= 0.6 is 11.3 Å². The summed E-state index contributed by atoms with van der Waals surface area (Å²) in [6, 6.07) is 8.48. The summed E-state index contributed by atoms with van der Waals surface area (Å²) in [5.41, 5.74) is -0.187. The van der Waals surface area contributed by atoms with E-state index in [1.54, 1.807) is 39.1 Å². The van der Waals surface area contributed by atoms with Gasteiger partial charge in [-0.15, -0.1) is 11.3 Å². The van der Waals surface area contributed by atoms with Crippen molar-refractivity contribution in [2.45, 2.75) is 152 Å². The standard InChI is InChI=1S/C48H58F3N7O8S2/c1-28(2)58-36-19-13-17-34(40-52-32(27-67-40)23-29-14-12-16-30(22-29)48(49,50)51)38(36)54-43(58)65-33-24-37-39(59)55-47(42(61)56-68(63,64)46(6)20-21-46)25-31(47)15-10-8-7-9-11-18-35(41(60)57(37)26-33)53-44(62)66-45(3,4)5/h10,12-17,19,22,27-28,31,33,35,37H,7-9,11,18,20-21,23-26H2,1-6H3,(H,53,62)(H,55,59)(H,56,61)/b15-10-/t31-,33-,35+,37+,47-/m1/s1. The third-order valence-electron chi connectivity index (χ3n) is 13.1. The molecule has 3 fully saturated rings. The molecule has 4 amide bonds. The molecule has 2 aliphatic carbocycles. The number of ether oxygens (including phenoxy) is 2. The number of carbonyl (C=O) groups is 4. The fourth-order valence-corrected chi connectivity index (χ4v) is 11.1. The highest BCUT2D eigenvalue weighted by molar-refractivity contribution is 7.91. The number of alkyl carbamates (subject to hydrolysis) is 1. The number of nitrogens with zero attached hydrogens (tertiary/aromatic N) is 4. The predicted octanol–water partition coefficient (Wildman–Crippen LogP) is 7.99. The number of thiazole rings is 1. The van der Waals surface area contributed by atoms with E-state index in [0.717, 1.165) is 25.0 Å². The lowest BCUT2D eigenvalue weighted by atomic mass is 10.0. The number of hydrogen-bond donors (Lipinski definition) is 3. The van der Waals surface area contributed by atoms with Crippen molar-refractivity contribution in [1.29, 1.82) is 0 Å². The Hall–Kier alpha value is -5.50. The Kier molecular flexibility index (Phi) is 13.3. The van der Waals surface area contributed by atoms with Gasteiger partial charge in [0.1, 0.15) is 39.9 Å². The molecule has 366 valence electrons. The molecule has 3 N–H and O–H groups in total. The minimum atomic E-state index is -4.47. The Morgan fingerprint density at radius 2 is 1.79 bits per heavy atom. The maximum atomic E-state index is 14.8. The maximum Gasteiger partial charge on any atom is 0.416 e. The van der Waals surface area contributed by atoms with Crippen LogP contribution in [0.25, 0.3) is 21.6 Å². The average Bonchev–Trinajstić information content (AvgIpc) is 3.94. The number of imidazole rings is 1. The van der Waals surface area contributed by atoms with Crippen LogP contribution < -0.4 is 20.1 Å². The summed E-state index contributed by atoms with van der Waals surface area (Å²) in [4.78, 5) is 67.8. The van der Waals surface area contributed by atoms with Crippen LogP contribution in [0.1, 0.15) is 122 Å². The van der Waals surface area contributed by atoms with Crippen molar-refractivity contribution >= 4 is 56.2 Å². The van der Waals surface area contributed by atoms with Gasteiger partial charge in [-0.3, -0.25) is 23.7 Å². The monoisotopic (exact) mass is 981 g/mol. The number of alkyl halides is 3. The molecule has 2 saturated carbocycles. The van der Waals surface area contributed by atoms with E-state index >= 15 is 0 Å². The number of halogens is 3. The lowest BCUT2D eigenvalue weighted by Gasteiger charge is -2.30. The summed E-state index contributed by atoms with van der Waals surface area (Å²) in [5, 5.41) is 8.04. The molecule has 2 aromatic heterocycles. The highest BCUT2D eigenvalue weighted by atomic mass is 32.2. The van der Waals surface area contributed by atoms with E-state index in [2.05, 4.69) is 15.4 Å². The van der Waals surface area contributed by atoms with Crippen molar-refractivity contribution in [1.82, 2.24) is 34.8 Å². The van der Waals surface area contributed by atoms with Gasteiger partial charge >= 0.3 is 12.3 Å². The topological polar surface area (TPSA) is 191 Å². The van der Waals surface area contributed by atoms with Gasteiger partial charge in [0.2, 0.25) is 21.8 Å². The minimum Gasteiger partial charge on any atom is -0.459 e. The van der Waals surface area contributed by atoms with Crippen molar-refractivity contribution in [2.75, 3.05) is 6.54 Å². The number of amides is 4. The molecule has 20 heteroatoms. The number of fused-ring (bicyclic) bond motifs is 3. The molecule has 0 spiro atoms. The van der Waals surface area contributed by atoms with E-state index < -0.39 is 85.6 Å². The second-order valence-corrected chi connectivity index (χ2v) is 23.0. The second kappa shape index (κ2) is 18.4. The molecule has 0 unspecified atom stereocenters. The van der Waals surface area contributed by atoms with E-state index in [0.29, 0.717) is 58.5 Å². The molecule has 2 aromatic carbocycles. The van der Waals surface area contributed by atoms with Gasteiger partial charge in [0.05, 0.1) is 28.1 Å². The Balaban J connectivity index is 1.10. The third-order valence-corrected chi connectivity index (χ3v) is 16.1. The highest BCUT2D eigenvalue weighted by Crippen LogP contribution is 2.48. The highest BCUT2D eigenvalue weighted by Gasteiger charge is 2.63. The van der Waals surface area contributed by atoms with Gasteiger partial charge in [0, 0.05) is 35.7 Å². The summed E-state index contributed by atoms with van der Waals surface area (Å²) < 4.78 is 82.3. The average molecular weight is 982 g/mol. The maximum absolute atomic E-state index is 14.8. The van der Waals surface area contributed by atoms with Crippen LogP contribution in [0, 0.1) is 5.92 Å². The number of carbonyl (C=O) groups excluding carboxylic acids is 4. The van der Waals surface area contributed by atoms with Crippen molar-refractivity contribution in [3.63, 3.8) is 0 Å². The molecule has 4 aliphatic rings. The zero-order chi connectivity index (χ0) is 49.0. The molecule has 5 atom stereocenters. The fraction of sp³-hybridized carbons (Fsp3) is 0.542. The molecule has 15 nitrogen and oxygen atoms in total. The molecule has 1 saturated heterocycles. The molecule has 8 rings (SSSR count). The summed E-state index contributed by atoms with van der Waals surface area (Å²) >= 11 is 1.33. The van der Waals surface area contributed by atoms with Crippen LogP contribution in [0.5, 0.6) is 6.01 Å². The largest absolute Gasteiger partial charge is 0.459 e. The molecule has 4 aromatic rings. The minimum absolute atomic E-state index is 0.0369. The molecule has 2 aliphatic heterocycles. The lowest BCUT2D eigenvalue weighted by molar-refractivity contribution is -0.141. The molecular weight excluding hydrogens is 924 g/mol. The number of benzene rings is 2. The molecule has 0 bridgehead atoms. The Bertz CT molecular complexity index is 2740. The van der Waals surface area contributed by atoms with Gasteiger partial charge in [-0.1, -0.05) is 49.3 Å². The molecule has 4 heterocycles. The summed E-state index contributed by atoms with van der Waals surface area (Å²) in [7, 11) is -4.05. The van der Waals surface area contributed by atoms with Crippen LogP contribution in [0.2, 0.25) is 0 Å². The number of allylic oxidation sites excluding steroid dienone is 1. The Labute approximate surface area is 397 Å². The first-order valence-corrected chi connectivity index (χ1v) is 25.5. The van der Waals surface area contributed by atoms with Crippen LogP contribution in [-0.4, -0.2) is 92.3 Å². The third kappa shape index (κ3) is 10.4. The van der Waals surface area contributed by atoms with Gasteiger partial charge in [-0.05, 0) is 104 Å². The van der Waals surface area contributed by atoms with Gasteiger partial charge in [0.25, 0.3) is 11.9 Å². The number of nitrogens with one attached hydrogen (secondary N) is 3.